The van der Waals surface area contributed by atoms with Crippen molar-refractivity contribution in [2.75, 3.05) is 25.1 Å². The molecule has 0 spiro atoms. The van der Waals surface area contributed by atoms with Gasteiger partial charge >= 0.3 is 0 Å². The Balaban J connectivity index is 1.66. The van der Waals surface area contributed by atoms with Crippen molar-refractivity contribution < 1.29 is 4.84 Å². The lowest BCUT2D eigenvalue weighted by Crippen LogP contribution is -2.27. The van der Waals surface area contributed by atoms with E-state index in [2.05, 4.69) is 34.0 Å². The van der Waals surface area contributed by atoms with Crippen LogP contribution in [0.1, 0.15) is 25.5 Å². The fourth-order valence-electron chi connectivity index (χ4n) is 2.66. The number of anilines is 1. The quantitative estimate of drug-likeness (QED) is 0.484. The Bertz CT molecular complexity index is 919. The Morgan fingerprint density at radius 2 is 2.19 bits per heavy atom. The molecule has 1 aliphatic rings. The second-order valence-electron chi connectivity index (χ2n) is 5.99. The molecular weight excluding hydrogens is 366 g/mol. The molecule has 1 aliphatic heterocycles. The minimum Gasteiger partial charge on any atom is -0.396 e. The molecule has 0 atom stereocenters. The molecule has 134 valence electrons. The minimum atomic E-state index is 0.634. The Hall–Kier alpha value is -2.32. The minimum absolute atomic E-state index is 0.634. The summed E-state index contributed by atoms with van der Waals surface area (Å²) in [6.45, 7) is 3.63. The summed E-state index contributed by atoms with van der Waals surface area (Å²) < 4.78 is 0. The number of nitrogens with zero attached hydrogens (tertiary/aromatic N) is 5. The van der Waals surface area contributed by atoms with Gasteiger partial charge in [0.25, 0.3) is 0 Å². The van der Waals surface area contributed by atoms with Crippen LogP contribution in [0.3, 0.4) is 0 Å². The van der Waals surface area contributed by atoms with E-state index in [1.807, 2.05) is 24.5 Å². The molecule has 0 fully saturated rings. The summed E-state index contributed by atoms with van der Waals surface area (Å²) in [5.41, 5.74) is 2.90. The van der Waals surface area contributed by atoms with E-state index in [4.69, 9.17) is 9.82 Å². The lowest BCUT2D eigenvalue weighted by molar-refractivity contribution is 0.144. The summed E-state index contributed by atoms with van der Waals surface area (Å²) in [7, 11) is 2.10. The van der Waals surface area contributed by atoms with Crippen molar-refractivity contribution in [1.29, 1.82) is 0 Å². The normalized spacial score (nSPS) is 15.3. The van der Waals surface area contributed by atoms with Gasteiger partial charge in [-0.15, -0.1) is 11.3 Å². The number of thiazole rings is 2. The van der Waals surface area contributed by atoms with Gasteiger partial charge in [0, 0.05) is 44.2 Å². The molecule has 0 amide bonds. The number of rotatable bonds is 5. The second kappa shape index (κ2) is 7.51. The largest absolute Gasteiger partial charge is 0.396 e. The van der Waals surface area contributed by atoms with Gasteiger partial charge in [-0.2, -0.15) is 0 Å². The van der Waals surface area contributed by atoms with Crippen LogP contribution in [0.25, 0.3) is 20.5 Å². The van der Waals surface area contributed by atoms with Crippen molar-refractivity contribution in [3.8, 4) is 20.5 Å². The van der Waals surface area contributed by atoms with Crippen LogP contribution in [0.5, 0.6) is 0 Å². The first kappa shape index (κ1) is 17.1. The van der Waals surface area contributed by atoms with Crippen LogP contribution >= 0.6 is 22.7 Å². The number of aromatic nitrogens is 3. The maximum absolute atomic E-state index is 5.41. The molecule has 4 rings (SSSR count). The summed E-state index contributed by atoms with van der Waals surface area (Å²) in [6, 6.07) is 3.94. The molecule has 3 aromatic heterocycles. The lowest BCUT2D eigenvalue weighted by Gasteiger charge is -2.23. The number of pyridine rings is 1. The van der Waals surface area contributed by atoms with Crippen molar-refractivity contribution in [2.24, 2.45) is 5.16 Å². The zero-order valence-electron chi connectivity index (χ0n) is 14.7. The maximum Gasteiger partial charge on any atom is 0.137 e. The Labute approximate surface area is 160 Å². The molecule has 8 heteroatoms. The van der Waals surface area contributed by atoms with E-state index in [9.17, 15) is 0 Å². The monoisotopic (exact) mass is 385 g/mol. The Morgan fingerprint density at radius 1 is 1.27 bits per heavy atom. The van der Waals surface area contributed by atoms with Gasteiger partial charge in [-0.1, -0.05) is 23.4 Å². The van der Waals surface area contributed by atoms with Crippen LogP contribution in [0.2, 0.25) is 0 Å². The van der Waals surface area contributed by atoms with Crippen LogP contribution in [-0.2, 0) is 4.84 Å². The molecule has 4 heterocycles. The summed E-state index contributed by atoms with van der Waals surface area (Å²) in [4.78, 5) is 22.3. The third-order valence-corrected chi connectivity index (χ3v) is 6.39. The first-order valence-corrected chi connectivity index (χ1v) is 10.2. The first-order valence-electron chi connectivity index (χ1n) is 8.54. The molecule has 0 saturated carbocycles. The smallest absolute Gasteiger partial charge is 0.137 e. The first-order chi connectivity index (χ1) is 12.8. The van der Waals surface area contributed by atoms with Gasteiger partial charge in [0.15, 0.2) is 0 Å². The highest BCUT2D eigenvalue weighted by molar-refractivity contribution is 7.25. The highest BCUT2D eigenvalue weighted by Crippen LogP contribution is 2.40. The molecule has 0 unspecified atom stereocenters. The molecule has 0 radical (unpaired) electrons. The molecule has 0 bridgehead atoms. The van der Waals surface area contributed by atoms with Gasteiger partial charge in [0.05, 0.1) is 4.88 Å². The average Bonchev–Trinajstić information content (AvgIpc) is 3.32. The molecule has 0 N–H and O–H groups in total. The molecular formula is C18H19N5OS2. The van der Waals surface area contributed by atoms with E-state index >= 15 is 0 Å². The summed E-state index contributed by atoms with van der Waals surface area (Å²) >= 11 is 3.31. The zero-order valence-corrected chi connectivity index (χ0v) is 16.3. The SMILES string of the molecule is CCCON=C1CCN(C)c2sc(-c3cnc(-c4cccnc4)s3)nc21. The van der Waals surface area contributed by atoms with Crippen molar-refractivity contribution in [1.82, 2.24) is 15.0 Å². The number of hydrogen-bond acceptors (Lipinski definition) is 8. The predicted molar refractivity (Wildman–Crippen MR) is 107 cm³/mol. The maximum atomic E-state index is 5.41. The van der Waals surface area contributed by atoms with Gasteiger partial charge < -0.3 is 9.74 Å². The fraction of sp³-hybridized carbons (Fsp3) is 0.333. The molecule has 0 aromatic carbocycles. The summed E-state index contributed by atoms with van der Waals surface area (Å²) in [5, 5.41) is 7.39. The molecule has 0 aliphatic carbocycles. The summed E-state index contributed by atoms with van der Waals surface area (Å²) in [6.07, 6.45) is 7.29. The van der Waals surface area contributed by atoms with Gasteiger partial charge in [-0.05, 0) is 18.6 Å². The van der Waals surface area contributed by atoms with E-state index in [1.165, 1.54) is 0 Å². The molecule has 0 saturated heterocycles. The fourth-order valence-corrected chi connectivity index (χ4v) is 4.68. The van der Waals surface area contributed by atoms with Crippen molar-refractivity contribution in [3.05, 3.63) is 36.4 Å². The van der Waals surface area contributed by atoms with Gasteiger partial charge in [-0.3, -0.25) is 4.98 Å². The Morgan fingerprint density at radius 3 is 3.00 bits per heavy atom. The zero-order chi connectivity index (χ0) is 17.9. The van der Waals surface area contributed by atoms with Crippen molar-refractivity contribution in [2.45, 2.75) is 19.8 Å². The van der Waals surface area contributed by atoms with E-state index in [0.29, 0.717) is 6.61 Å². The Kier molecular flexibility index (Phi) is 4.94. The number of hydrogen-bond donors (Lipinski definition) is 0. The van der Waals surface area contributed by atoms with Crippen LogP contribution in [0, 0.1) is 0 Å². The number of fused-ring (bicyclic) bond motifs is 1. The van der Waals surface area contributed by atoms with Crippen LogP contribution in [-0.4, -0.2) is 40.9 Å². The van der Waals surface area contributed by atoms with Crippen LogP contribution < -0.4 is 4.90 Å². The average molecular weight is 386 g/mol. The molecule has 3 aromatic rings. The topological polar surface area (TPSA) is 63.5 Å². The van der Waals surface area contributed by atoms with Gasteiger partial charge in [0.1, 0.15) is 33.0 Å². The second-order valence-corrected chi connectivity index (χ2v) is 8.00. The molecule has 26 heavy (non-hydrogen) atoms. The van der Waals surface area contributed by atoms with E-state index in [0.717, 1.165) is 56.2 Å². The van der Waals surface area contributed by atoms with Gasteiger partial charge in [0.2, 0.25) is 0 Å². The standard InChI is InChI=1S/C18H19N5OS2/c1-3-9-24-22-13-6-8-23(2)18-15(13)21-17(26-18)14-11-20-16(25-14)12-5-4-7-19-10-12/h4-5,7,10-11H,3,6,8-9H2,1-2H3. The molecule has 6 nitrogen and oxygen atoms in total. The van der Waals surface area contributed by atoms with Crippen molar-refractivity contribution >= 4 is 33.4 Å². The van der Waals surface area contributed by atoms with Gasteiger partial charge in [-0.25, -0.2) is 9.97 Å². The third kappa shape index (κ3) is 3.34. The van der Waals surface area contributed by atoms with Crippen LogP contribution in [0.4, 0.5) is 5.00 Å². The van der Waals surface area contributed by atoms with E-state index in [-0.39, 0.29) is 0 Å². The third-order valence-electron chi connectivity index (χ3n) is 4.01. The predicted octanol–water partition coefficient (Wildman–Crippen LogP) is 4.30. The van der Waals surface area contributed by atoms with E-state index < -0.39 is 0 Å². The van der Waals surface area contributed by atoms with E-state index in [1.54, 1.807) is 28.9 Å². The highest BCUT2D eigenvalue weighted by Gasteiger charge is 2.26. The summed E-state index contributed by atoms with van der Waals surface area (Å²) in [5.74, 6) is 0. The highest BCUT2D eigenvalue weighted by atomic mass is 32.1. The number of oxime groups is 1. The lowest BCUT2D eigenvalue weighted by atomic mass is 10.1. The van der Waals surface area contributed by atoms with Crippen molar-refractivity contribution in [3.63, 3.8) is 0 Å². The van der Waals surface area contributed by atoms with Crippen LogP contribution in [0.15, 0.2) is 35.9 Å².